The Morgan fingerprint density at radius 1 is 0.644 bits per heavy atom. The molecule has 0 saturated heterocycles. The summed E-state index contributed by atoms with van der Waals surface area (Å²) in [6.45, 7) is 5.51. The number of hydrogen-bond donors (Lipinski definition) is 2. The zero-order valence-electron chi connectivity index (χ0n) is 37.8. The number of nitro groups is 1. The molecule has 5 heterocycles. The molecule has 0 radical (unpaired) electrons. The van der Waals surface area contributed by atoms with Crippen LogP contribution in [-0.4, -0.2) is 70.2 Å². The van der Waals surface area contributed by atoms with E-state index in [1.165, 1.54) is 119 Å². The highest BCUT2D eigenvalue weighted by molar-refractivity contribution is 6.32. The van der Waals surface area contributed by atoms with Crippen LogP contribution in [0.25, 0.3) is 17.1 Å². The number of imidazole rings is 2. The van der Waals surface area contributed by atoms with Crippen LogP contribution < -0.4 is 5.73 Å². The number of hydrogen-bond acceptors (Lipinski definition) is 10. The first-order chi connectivity index (χ1) is 34.1. The molecule has 386 valence electrons. The van der Waals surface area contributed by atoms with Crippen molar-refractivity contribution in [1.29, 1.82) is 0 Å². The second kappa shape index (κ2) is 23.2. The fourth-order valence-corrected chi connectivity index (χ4v) is 6.91. The second-order valence-electron chi connectivity index (χ2n) is 15.1. The van der Waals surface area contributed by atoms with Gasteiger partial charge in [-0.2, -0.15) is 41.6 Å². The molecule has 5 aromatic heterocycles. The lowest BCUT2D eigenvalue weighted by Gasteiger charge is -2.13. The van der Waals surface area contributed by atoms with Gasteiger partial charge in [-0.15, -0.1) is 0 Å². The van der Waals surface area contributed by atoms with Gasteiger partial charge in [0.2, 0.25) is 5.15 Å². The summed E-state index contributed by atoms with van der Waals surface area (Å²) in [5, 5.41) is 31.4. The van der Waals surface area contributed by atoms with E-state index in [0.717, 1.165) is 17.0 Å². The van der Waals surface area contributed by atoms with E-state index in [9.17, 15) is 59.2 Å². The third-order valence-corrected chi connectivity index (χ3v) is 11.2. The Labute approximate surface area is 420 Å². The van der Waals surface area contributed by atoms with E-state index in [2.05, 4.69) is 25.3 Å². The van der Waals surface area contributed by atoms with Gasteiger partial charge in [0, 0.05) is 24.4 Å². The number of ketones is 1. The Balaban J connectivity index is 0.000000190. The number of carbonyl (C=O) groups excluding carboxylic acids is 1. The van der Waals surface area contributed by atoms with Crippen LogP contribution in [0.2, 0.25) is 15.5 Å². The Kier molecular flexibility index (Phi) is 17.9. The highest BCUT2D eigenvalue weighted by atomic mass is 35.5. The number of alkyl halides is 6. The molecule has 0 bridgehead atoms. The molecule has 3 N–H and O–H groups in total. The van der Waals surface area contributed by atoms with Crippen LogP contribution in [0, 0.1) is 41.4 Å². The van der Waals surface area contributed by atoms with Crippen molar-refractivity contribution in [3.63, 3.8) is 0 Å². The van der Waals surface area contributed by atoms with E-state index < -0.39 is 58.4 Å². The third-order valence-electron chi connectivity index (χ3n) is 10.1. The Bertz CT molecular complexity index is 3210. The van der Waals surface area contributed by atoms with Crippen LogP contribution in [-0.2, 0) is 28.4 Å². The average Bonchev–Trinajstić information content (AvgIpc) is 4.17. The van der Waals surface area contributed by atoms with Gasteiger partial charge in [0.1, 0.15) is 46.5 Å². The highest BCUT2D eigenvalue weighted by Gasteiger charge is 2.36. The Hall–Kier alpha value is -7.71. The van der Waals surface area contributed by atoms with Crippen LogP contribution in [0.5, 0.6) is 0 Å². The van der Waals surface area contributed by atoms with Crippen LogP contribution >= 0.6 is 34.8 Å². The lowest BCUT2D eigenvalue weighted by Crippen LogP contribution is -2.19. The number of nitrogens with two attached hydrogens (primary N) is 1. The van der Waals surface area contributed by atoms with Gasteiger partial charge >= 0.3 is 24.0 Å². The van der Waals surface area contributed by atoms with Gasteiger partial charge in [-0.3, -0.25) is 14.9 Å². The van der Waals surface area contributed by atoms with Gasteiger partial charge in [0.15, 0.2) is 22.3 Å². The predicted octanol–water partition coefficient (Wildman–Crippen LogP) is 11.2. The molecule has 0 saturated carbocycles. The van der Waals surface area contributed by atoms with Gasteiger partial charge < -0.3 is 20.0 Å². The summed E-state index contributed by atoms with van der Waals surface area (Å²) in [6, 6.07) is 14.7. The molecular formula is C44H36Cl3F9N12O5. The molecule has 29 heteroatoms. The number of carboxylic acids is 1. The van der Waals surface area contributed by atoms with Gasteiger partial charge in [0.25, 0.3) is 0 Å². The first kappa shape index (κ1) is 56.2. The summed E-state index contributed by atoms with van der Waals surface area (Å²) in [7, 11) is 0. The Morgan fingerprint density at radius 2 is 1.01 bits per heavy atom. The van der Waals surface area contributed by atoms with Gasteiger partial charge in [0.05, 0.1) is 46.1 Å². The van der Waals surface area contributed by atoms with E-state index in [1.54, 1.807) is 12.1 Å². The highest BCUT2D eigenvalue weighted by Crippen LogP contribution is 2.32. The number of anilines is 1. The molecule has 2 unspecified atom stereocenters. The molecule has 8 aromatic rings. The number of benzene rings is 3. The van der Waals surface area contributed by atoms with Crippen molar-refractivity contribution in [2.24, 2.45) is 0 Å². The summed E-state index contributed by atoms with van der Waals surface area (Å²) in [6.07, 6.45) is -3.84. The maximum absolute atomic E-state index is 13.1. The maximum atomic E-state index is 13.1. The SMILES string of the molecule is Cc1nc(C(F)(F)F)cn1C(C)C(=O)Cc1cnn(-c2ccc(F)cc2)c1Cl.Cc1nc(C(F)(F)F)cn1C(C)C(=O)O.Nc1cnn(-c2ccc(F)cc2)c1Cl.O=[N+]([O-])c1cnn(-c2ccc(F)cc2)c1Cl. The monoisotopic (exact) mass is 1090 g/mol. The van der Waals surface area contributed by atoms with E-state index >= 15 is 0 Å². The number of rotatable bonds is 10. The van der Waals surface area contributed by atoms with Crippen molar-refractivity contribution >= 4 is 57.9 Å². The van der Waals surface area contributed by atoms with Gasteiger partial charge in [-0.05, 0) is 100 Å². The van der Waals surface area contributed by atoms with Crippen molar-refractivity contribution in [2.75, 3.05) is 5.73 Å². The molecular weight excluding hydrogens is 1050 g/mol. The van der Waals surface area contributed by atoms with Crippen LogP contribution in [0.4, 0.5) is 50.9 Å². The van der Waals surface area contributed by atoms with Crippen molar-refractivity contribution in [2.45, 2.75) is 58.6 Å². The van der Waals surface area contributed by atoms with Crippen molar-refractivity contribution in [3.05, 3.63) is 175 Å². The molecule has 73 heavy (non-hydrogen) atoms. The lowest BCUT2D eigenvalue weighted by molar-refractivity contribution is -0.384. The minimum atomic E-state index is -4.58. The van der Waals surface area contributed by atoms with E-state index in [4.69, 9.17) is 45.6 Å². The number of carboxylic acid groups (broad SMARTS) is 1. The quantitative estimate of drug-likeness (QED) is 0.0747. The second-order valence-corrected chi connectivity index (χ2v) is 16.2. The summed E-state index contributed by atoms with van der Waals surface area (Å²) >= 11 is 17.9. The van der Waals surface area contributed by atoms with Crippen molar-refractivity contribution < 1.29 is 59.1 Å². The van der Waals surface area contributed by atoms with Crippen molar-refractivity contribution in [3.8, 4) is 17.1 Å². The number of aliphatic carboxylic acids is 1. The van der Waals surface area contributed by atoms with E-state index in [1.807, 2.05) is 0 Å². The zero-order chi connectivity index (χ0) is 54.3. The molecule has 0 amide bonds. The molecule has 0 fully saturated rings. The fourth-order valence-electron chi connectivity index (χ4n) is 6.21. The van der Waals surface area contributed by atoms with Crippen LogP contribution in [0.1, 0.15) is 54.5 Å². The van der Waals surface area contributed by atoms with Crippen molar-refractivity contribution in [1.82, 2.24) is 48.4 Å². The molecule has 2 atom stereocenters. The summed E-state index contributed by atoms with van der Waals surface area (Å²) < 4.78 is 120. The number of halogens is 12. The maximum Gasteiger partial charge on any atom is 0.434 e. The van der Waals surface area contributed by atoms with Crippen LogP contribution in [0.15, 0.2) is 104 Å². The number of nitrogen functional groups attached to an aromatic ring is 1. The summed E-state index contributed by atoms with van der Waals surface area (Å²) in [4.78, 5) is 39.8. The standard InChI is InChI=1S/C18H15ClF4N4O.C9H5ClFN3O2.C9H7ClFN3.C8H9F3N2O2/c1-10(26-9-16(18(21,22)23)25-11(26)2)15(28)7-12-8-24-27(17(12)19)14-5-3-13(20)4-6-14;10-9-8(14(15)16)5-12-13(9)7-3-1-6(11)2-4-7;10-9-8(12)5-13-14(9)7-3-1-6(11)2-4-7;1-4(7(14)15)13-3-6(8(9,10)11)12-5(13)2/h3-6,8-10H,7H2,1-2H3;1-5H;1-5H,12H2;3-4H,1-2H3,(H,14,15). The molecule has 0 aliphatic rings. The number of carbonyl (C=O) groups is 2. The number of Topliss-reactive ketones (excluding diaryl/α,β-unsaturated/α-hetero) is 1. The summed E-state index contributed by atoms with van der Waals surface area (Å²) in [5.41, 5.74) is 5.56. The summed E-state index contributed by atoms with van der Waals surface area (Å²) in [5.74, 6) is -2.56. The van der Waals surface area contributed by atoms with Gasteiger partial charge in [-0.1, -0.05) is 34.8 Å². The zero-order valence-corrected chi connectivity index (χ0v) is 40.1. The third kappa shape index (κ3) is 14.0. The predicted molar refractivity (Wildman–Crippen MR) is 246 cm³/mol. The molecule has 8 rings (SSSR count). The normalized spacial score (nSPS) is 12.1. The minimum absolute atomic E-state index is 0.0252. The molecule has 0 aliphatic heterocycles. The smallest absolute Gasteiger partial charge is 0.434 e. The van der Waals surface area contributed by atoms with Gasteiger partial charge in [-0.25, -0.2) is 42.0 Å². The fraction of sp³-hybridized carbons (Fsp3) is 0.205. The minimum Gasteiger partial charge on any atom is -0.480 e. The first-order valence-corrected chi connectivity index (χ1v) is 21.6. The number of aryl methyl sites for hydroxylation is 2. The molecule has 0 aliphatic carbocycles. The lowest BCUT2D eigenvalue weighted by atomic mass is 10.1. The Morgan fingerprint density at radius 3 is 1.36 bits per heavy atom. The van der Waals surface area contributed by atoms with E-state index in [0.29, 0.717) is 39.7 Å². The van der Waals surface area contributed by atoms with Crippen LogP contribution in [0.3, 0.4) is 0 Å². The topological polar surface area (TPSA) is 213 Å². The van der Waals surface area contributed by atoms with E-state index in [-0.39, 0.29) is 45.7 Å². The number of aromatic nitrogens is 10. The largest absolute Gasteiger partial charge is 0.480 e. The molecule has 3 aromatic carbocycles. The number of nitrogens with zero attached hydrogens (tertiary/aromatic N) is 11. The average molecular weight is 1090 g/mol. The first-order valence-electron chi connectivity index (χ1n) is 20.5. The molecule has 0 spiro atoms. The molecule has 17 nitrogen and oxygen atoms in total.